The van der Waals surface area contributed by atoms with Crippen LogP contribution in [0, 0.1) is 0 Å². The van der Waals surface area contributed by atoms with Gasteiger partial charge in [-0.3, -0.25) is 9.69 Å². The van der Waals surface area contributed by atoms with Crippen molar-refractivity contribution in [3.05, 3.63) is 93.5 Å². The summed E-state index contributed by atoms with van der Waals surface area (Å²) in [6, 6.07) is 22.1. The number of methoxy groups -OCH3 is 1. The quantitative estimate of drug-likeness (QED) is 0.166. The molecule has 6 nitrogen and oxygen atoms in total. The van der Waals surface area contributed by atoms with Gasteiger partial charge in [0, 0.05) is 28.4 Å². The number of aliphatic imine (C=N–C) groups is 1. The molecule has 1 heterocycles. The molecule has 1 aromatic heterocycles. The van der Waals surface area contributed by atoms with E-state index in [0.717, 1.165) is 51.8 Å². The third-order valence-corrected chi connectivity index (χ3v) is 7.02. The van der Waals surface area contributed by atoms with Gasteiger partial charge in [-0.1, -0.05) is 72.2 Å². The molecule has 0 aliphatic rings. The second-order valence-corrected chi connectivity index (χ2v) is 9.82. The Morgan fingerprint density at radius 2 is 1.68 bits per heavy atom. The summed E-state index contributed by atoms with van der Waals surface area (Å²) >= 11 is 3.51. The first-order valence-electron chi connectivity index (χ1n) is 12.5. The number of rotatable bonds is 10. The molecule has 0 bridgehead atoms. The van der Waals surface area contributed by atoms with Crippen LogP contribution in [0.5, 0.6) is 5.88 Å². The van der Waals surface area contributed by atoms with Gasteiger partial charge in [0.05, 0.1) is 29.6 Å². The highest BCUT2D eigenvalue weighted by Gasteiger charge is 2.19. The smallest absolute Gasteiger partial charge is 0.305 e. The number of aromatic nitrogens is 1. The van der Waals surface area contributed by atoms with Crippen LogP contribution in [0.15, 0.2) is 76.2 Å². The van der Waals surface area contributed by atoms with E-state index in [0.29, 0.717) is 24.1 Å². The molecule has 37 heavy (non-hydrogen) atoms. The van der Waals surface area contributed by atoms with E-state index in [1.807, 2.05) is 54.6 Å². The van der Waals surface area contributed by atoms with Crippen LogP contribution in [0.2, 0.25) is 0 Å². The number of nitrogens with one attached hydrogen (secondary N) is 1. The van der Waals surface area contributed by atoms with Gasteiger partial charge in [-0.15, -0.1) is 0 Å². The zero-order valence-corrected chi connectivity index (χ0v) is 23.0. The largest absolute Gasteiger partial charge is 0.494 e. The number of aryl methyl sites for hydroxylation is 1. The summed E-state index contributed by atoms with van der Waals surface area (Å²) in [5, 5.41) is 11.8. The monoisotopic (exact) mass is 561 g/mol. The first kappa shape index (κ1) is 26.6. The first-order chi connectivity index (χ1) is 17.9. The van der Waals surface area contributed by atoms with Gasteiger partial charge in [-0.2, -0.15) is 0 Å². The molecule has 3 aromatic carbocycles. The molecule has 2 N–H and O–H groups in total. The average Bonchev–Trinajstić information content (AvgIpc) is 3.24. The Balaban J connectivity index is 1.74. The number of nitrogens with zero attached hydrogens (tertiary/aromatic N) is 2. The van der Waals surface area contributed by atoms with Crippen molar-refractivity contribution in [3.63, 3.8) is 0 Å². The number of carbonyl (C=O) groups excluding carboxylic acids is 1. The summed E-state index contributed by atoms with van der Waals surface area (Å²) in [4.78, 5) is 22.0. The average molecular weight is 563 g/mol. The lowest BCUT2D eigenvalue weighted by Gasteiger charge is -2.17. The number of hydrogen-bond donors (Lipinski definition) is 2. The Morgan fingerprint density at radius 1 is 1.00 bits per heavy atom. The van der Waals surface area contributed by atoms with E-state index in [9.17, 15) is 9.90 Å². The highest BCUT2D eigenvalue weighted by molar-refractivity contribution is 9.10. The molecule has 0 spiro atoms. The number of halogens is 1. The topological polar surface area (TPSA) is 77.9 Å². The Bertz CT molecular complexity index is 1390. The summed E-state index contributed by atoms with van der Waals surface area (Å²) in [6.45, 7) is 7.25. The Kier molecular flexibility index (Phi) is 8.79. The van der Waals surface area contributed by atoms with Crippen LogP contribution in [0.25, 0.3) is 10.9 Å². The van der Waals surface area contributed by atoms with E-state index in [4.69, 9.17) is 9.73 Å². The molecule has 0 amide bonds. The van der Waals surface area contributed by atoms with Gasteiger partial charge in [0.1, 0.15) is 0 Å². The maximum absolute atomic E-state index is 11.5. The van der Waals surface area contributed by atoms with Crippen molar-refractivity contribution in [2.45, 2.75) is 33.2 Å². The van der Waals surface area contributed by atoms with E-state index in [-0.39, 0.29) is 11.8 Å². The lowest BCUT2D eigenvalue weighted by atomic mass is 9.98. The van der Waals surface area contributed by atoms with Crippen LogP contribution in [0.4, 0.5) is 5.69 Å². The normalized spacial score (nSPS) is 11.9. The number of benzene rings is 3. The van der Waals surface area contributed by atoms with Crippen molar-refractivity contribution >= 4 is 44.2 Å². The summed E-state index contributed by atoms with van der Waals surface area (Å²) in [6.07, 6.45) is 0.925. The lowest BCUT2D eigenvalue weighted by Crippen LogP contribution is -2.21. The van der Waals surface area contributed by atoms with Gasteiger partial charge in [0.25, 0.3) is 0 Å². The van der Waals surface area contributed by atoms with Crippen molar-refractivity contribution in [3.8, 4) is 5.88 Å². The minimum atomic E-state index is -0.231. The standard InChI is InChI=1S/C30H32BrN3O3/c1-4-34(5-2)19-21-8-14-24(15-9-21)32-29(22-11-6-20(7-12-22)10-17-27(35)37-3)28-25-16-13-23(31)18-26(25)33-30(28)36/h6-9,11-16,18,33,36H,4-5,10,17,19H2,1-3H3. The molecule has 0 atom stereocenters. The molecule has 0 aliphatic carbocycles. The van der Waals surface area contributed by atoms with Crippen LogP contribution < -0.4 is 0 Å². The van der Waals surface area contributed by atoms with Crippen molar-refractivity contribution in [2.24, 2.45) is 4.99 Å². The summed E-state index contributed by atoms with van der Waals surface area (Å²) in [5.41, 5.74) is 6.07. The minimum Gasteiger partial charge on any atom is -0.494 e. The fourth-order valence-corrected chi connectivity index (χ4v) is 4.71. The second-order valence-electron chi connectivity index (χ2n) is 8.90. The van der Waals surface area contributed by atoms with Crippen molar-refractivity contribution < 1.29 is 14.6 Å². The molecule has 4 rings (SSSR count). The fraction of sp³-hybridized carbons (Fsp3) is 0.267. The molecule has 0 saturated heterocycles. The van der Waals surface area contributed by atoms with Gasteiger partial charge in [0.15, 0.2) is 5.88 Å². The molecule has 0 fully saturated rings. The molecule has 0 radical (unpaired) electrons. The van der Waals surface area contributed by atoms with Crippen LogP contribution >= 0.6 is 15.9 Å². The van der Waals surface area contributed by atoms with Crippen molar-refractivity contribution in [2.75, 3.05) is 20.2 Å². The van der Waals surface area contributed by atoms with Gasteiger partial charge in [-0.05, 0) is 54.9 Å². The van der Waals surface area contributed by atoms with E-state index < -0.39 is 0 Å². The van der Waals surface area contributed by atoms with Crippen LogP contribution in [0.3, 0.4) is 0 Å². The minimum absolute atomic E-state index is 0.0692. The Labute approximate surface area is 226 Å². The summed E-state index contributed by atoms with van der Waals surface area (Å²) in [5.74, 6) is -0.162. The highest BCUT2D eigenvalue weighted by Crippen LogP contribution is 2.33. The van der Waals surface area contributed by atoms with Crippen LogP contribution in [-0.2, 0) is 22.5 Å². The van der Waals surface area contributed by atoms with Crippen LogP contribution in [-0.4, -0.2) is 46.9 Å². The number of ether oxygens (including phenoxy) is 1. The zero-order chi connectivity index (χ0) is 26.4. The molecular weight excluding hydrogens is 530 g/mol. The molecule has 0 aliphatic heterocycles. The van der Waals surface area contributed by atoms with Crippen molar-refractivity contribution in [1.82, 2.24) is 9.88 Å². The van der Waals surface area contributed by atoms with Crippen LogP contribution in [0.1, 0.15) is 42.5 Å². The Hall–Kier alpha value is -3.42. The number of hydrogen-bond acceptors (Lipinski definition) is 5. The lowest BCUT2D eigenvalue weighted by molar-refractivity contribution is -0.140. The predicted octanol–water partition coefficient (Wildman–Crippen LogP) is 6.75. The first-order valence-corrected chi connectivity index (χ1v) is 13.3. The fourth-order valence-electron chi connectivity index (χ4n) is 4.35. The SMILES string of the molecule is CCN(CC)Cc1ccc(N=C(c2ccc(CCC(=O)OC)cc2)c2c(O)[nH]c3cc(Br)ccc23)cc1. The maximum Gasteiger partial charge on any atom is 0.305 e. The summed E-state index contributed by atoms with van der Waals surface area (Å²) in [7, 11) is 1.40. The number of carbonyl (C=O) groups is 1. The van der Waals surface area contributed by atoms with E-state index in [1.165, 1.54) is 12.7 Å². The van der Waals surface area contributed by atoms with E-state index in [1.54, 1.807) is 0 Å². The third-order valence-electron chi connectivity index (χ3n) is 6.53. The van der Waals surface area contributed by atoms with Gasteiger partial charge in [-0.25, -0.2) is 4.99 Å². The number of esters is 1. The molecule has 192 valence electrons. The number of fused-ring (bicyclic) bond motifs is 1. The highest BCUT2D eigenvalue weighted by atomic mass is 79.9. The van der Waals surface area contributed by atoms with Gasteiger partial charge >= 0.3 is 5.97 Å². The maximum atomic E-state index is 11.5. The predicted molar refractivity (Wildman–Crippen MR) is 153 cm³/mol. The van der Waals surface area contributed by atoms with E-state index >= 15 is 0 Å². The molecule has 0 saturated carbocycles. The summed E-state index contributed by atoms with van der Waals surface area (Å²) < 4.78 is 5.68. The van der Waals surface area contributed by atoms with E-state index in [2.05, 4.69) is 51.8 Å². The second kappa shape index (κ2) is 12.2. The molecule has 7 heteroatoms. The third kappa shape index (κ3) is 6.48. The Morgan fingerprint density at radius 3 is 2.32 bits per heavy atom. The molecular formula is C30H32BrN3O3. The van der Waals surface area contributed by atoms with Gasteiger partial charge in [0.2, 0.25) is 0 Å². The zero-order valence-electron chi connectivity index (χ0n) is 21.4. The molecule has 4 aromatic rings. The number of aromatic amines is 1. The molecule has 0 unspecified atom stereocenters. The van der Waals surface area contributed by atoms with Gasteiger partial charge < -0.3 is 14.8 Å². The van der Waals surface area contributed by atoms with Crippen molar-refractivity contribution in [1.29, 1.82) is 0 Å². The number of H-pyrrole nitrogens is 1. The number of aromatic hydroxyl groups is 1.